The topological polar surface area (TPSA) is 135 Å². The number of nitrogens with one attached hydrogen (secondary N) is 3. The van der Waals surface area contributed by atoms with Crippen LogP contribution < -0.4 is 16.0 Å². The van der Waals surface area contributed by atoms with Gasteiger partial charge in [-0.25, -0.2) is 4.79 Å². The zero-order valence-corrected chi connectivity index (χ0v) is 24.0. The minimum Gasteiger partial charge on any atom is -0.379 e. The predicted molar refractivity (Wildman–Crippen MR) is 148 cm³/mol. The molecule has 12 nitrogen and oxygen atoms in total. The summed E-state index contributed by atoms with van der Waals surface area (Å²) in [6.45, 7) is 11.2. The third kappa shape index (κ3) is 17.3. The Labute approximate surface area is 237 Å². The summed E-state index contributed by atoms with van der Waals surface area (Å²) in [5.41, 5.74) is 0. The molecular weight excluding hydrogens is 530 g/mol. The molecule has 0 aromatic carbocycles. The van der Waals surface area contributed by atoms with Crippen LogP contribution in [0.4, 0.5) is 4.79 Å². The van der Waals surface area contributed by atoms with E-state index < -0.39 is 0 Å². The van der Waals surface area contributed by atoms with Crippen LogP contribution in [0, 0.1) is 6.92 Å². The maximum atomic E-state index is 12.0. The fourth-order valence-electron chi connectivity index (χ4n) is 4.05. The highest BCUT2D eigenvalue weighted by atomic mass is 32.2. The van der Waals surface area contributed by atoms with E-state index in [-0.39, 0.29) is 24.0 Å². The molecule has 0 aromatic heterocycles. The van der Waals surface area contributed by atoms with Crippen molar-refractivity contribution >= 4 is 23.7 Å². The van der Waals surface area contributed by atoms with E-state index in [4.69, 9.17) is 33.2 Å². The van der Waals surface area contributed by atoms with Gasteiger partial charge < -0.3 is 49.1 Å². The van der Waals surface area contributed by atoms with Crippen LogP contribution in [0.15, 0.2) is 0 Å². The average molecular weight is 579 g/mol. The molecule has 0 bridgehead atoms. The Kier molecular flexibility index (Phi) is 20.5. The zero-order chi connectivity index (χ0) is 27.8. The molecule has 2 aliphatic heterocycles. The van der Waals surface area contributed by atoms with Crippen molar-refractivity contribution in [2.24, 2.45) is 0 Å². The van der Waals surface area contributed by atoms with Crippen molar-refractivity contribution in [1.29, 1.82) is 0 Å². The Balaban J connectivity index is 1.21. The maximum absolute atomic E-state index is 12.0. The highest BCUT2D eigenvalue weighted by Crippen LogP contribution is 2.33. The molecule has 3 amide bonds. The molecule has 0 aromatic rings. The molecule has 0 saturated carbocycles. The van der Waals surface area contributed by atoms with Crippen LogP contribution >= 0.6 is 11.8 Å². The number of carbonyl (C=O) groups excluding carboxylic acids is 2. The molecule has 2 heterocycles. The fourth-order valence-corrected chi connectivity index (χ4v) is 5.59. The van der Waals surface area contributed by atoms with Crippen molar-refractivity contribution in [2.75, 3.05) is 105 Å². The Bertz CT molecular complexity index is 635. The van der Waals surface area contributed by atoms with Crippen molar-refractivity contribution in [3.8, 4) is 0 Å². The van der Waals surface area contributed by atoms with Gasteiger partial charge in [0.2, 0.25) is 5.91 Å². The summed E-state index contributed by atoms with van der Waals surface area (Å²) < 4.78 is 37.6. The number of ether oxygens (including phenoxy) is 7. The SMILES string of the molecule is [CH2]COCCOCCOCCOCCOCCOCCOCCNC(=O)CCCC[C@@H]1SC[C@@H]2NC(=O)N[C@@H]21. The predicted octanol–water partition coefficient (Wildman–Crippen LogP) is 0.779. The van der Waals surface area contributed by atoms with Crippen LogP contribution in [0.1, 0.15) is 25.7 Å². The van der Waals surface area contributed by atoms with Crippen LogP contribution in [0.25, 0.3) is 0 Å². The van der Waals surface area contributed by atoms with Crippen LogP contribution in [0.5, 0.6) is 0 Å². The molecule has 0 spiro atoms. The second-order valence-corrected chi connectivity index (χ2v) is 10.3. The molecule has 227 valence electrons. The van der Waals surface area contributed by atoms with Crippen LogP contribution in [-0.4, -0.2) is 134 Å². The van der Waals surface area contributed by atoms with E-state index in [1.54, 1.807) is 0 Å². The molecule has 3 N–H and O–H groups in total. The van der Waals surface area contributed by atoms with Gasteiger partial charge in [-0.3, -0.25) is 4.79 Å². The first-order valence-electron chi connectivity index (χ1n) is 14.0. The monoisotopic (exact) mass is 578 g/mol. The van der Waals surface area contributed by atoms with Crippen LogP contribution in [0.2, 0.25) is 0 Å². The van der Waals surface area contributed by atoms with Gasteiger partial charge in [-0.2, -0.15) is 11.8 Å². The molecule has 2 saturated heterocycles. The second-order valence-electron chi connectivity index (χ2n) is 9.00. The Hall–Kier alpha value is -1.19. The summed E-state index contributed by atoms with van der Waals surface area (Å²) in [5.74, 6) is 1.01. The normalized spacial score (nSPS) is 20.1. The van der Waals surface area contributed by atoms with Gasteiger partial charge in [0.15, 0.2) is 0 Å². The van der Waals surface area contributed by atoms with E-state index >= 15 is 0 Å². The molecule has 2 rings (SSSR count). The van der Waals surface area contributed by atoms with E-state index in [2.05, 4.69) is 22.9 Å². The lowest BCUT2D eigenvalue weighted by Gasteiger charge is -2.16. The summed E-state index contributed by atoms with van der Waals surface area (Å²) >= 11 is 1.90. The van der Waals surface area contributed by atoms with Crippen molar-refractivity contribution in [3.63, 3.8) is 0 Å². The zero-order valence-electron chi connectivity index (χ0n) is 23.2. The quantitative estimate of drug-likeness (QED) is 0.0948. The number of fused-ring (bicyclic) bond motifs is 1. The largest absolute Gasteiger partial charge is 0.379 e. The van der Waals surface area contributed by atoms with Crippen LogP contribution in [0.3, 0.4) is 0 Å². The smallest absolute Gasteiger partial charge is 0.315 e. The van der Waals surface area contributed by atoms with Gasteiger partial charge in [-0.05, 0) is 19.8 Å². The number of thioether (sulfide) groups is 1. The summed E-state index contributed by atoms with van der Waals surface area (Å²) in [6, 6.07) is 0.426. The molecule has 3 atom stereocenters. The summed E-state index contributed by atoms with van der Waals surface area (Å²) in [5, 5.41) is 9.28. The first-order chi connectivity index (χ1) is 19.2. The second kappa shape index (κ2) is 23.5. The first kappa shape index (κ1) is 34.0. The Morgan fingerprint density at radius 3 is 1.82 bits per heavy atom. The summed E-state index contributed by atoms with van der Waals surface area (Å²) in [7, 11) is 0. The lowest BCUT2D eigenvalue weighted by atomic mass is 10.0. The highest BCUT2D eigenvalue weighted by Gasteiger charge is 2.42. The van der Waals surface area contributed by atoms with Gasteiger partial charge >= 0.3 is 6.03 Å². The summed E-state index contributed by atoms with van der Waals surface area (Å²) in [6.07, 6.45) is 3.37. The fraction of sp³-hybridized carbons (Fsp3) is 0.885. The van der Waals surface area contributed by atoms with Crippen molar-refractivity contribution < 1.29 is 42.7 Å². The van der Waals surface area contributed by atoms with Gasteiger partial charge in [0.1, 0.15) is 0 Å². The van der Waals surface area contributed by atoms with E-state index in [0.717, 1.165) is 25.0 Å². The van der Waals surface area contributed by atoms with E-state index in [1.807, 2.05) is 11.8 Å². The van der Waals surface area contributed by atoms with Crippen molar-refractivity contribution in [2.45, 2.75) is 43.0 Å². The van der Waals surface area contributed by atoms with E-state index in [0.29, 0.717) is 111 Å². The minimum absolute atomic E-state index is 0.0493. The van der Waals surface area contributed by atoms with E-state index in [9.17, 15) is 9.59 Å². The molecule has 1 radical (unpaired) electrons. The number of hydrogen-bond donors (Lipinski definition) is 3. The molecule has 0 unspecified atom stereocenters. The Morgan fingerprint density at radius 2 is 1.28 bits per heavy atom. The van der Waals surface area contributed by atoms with Crippen molar-refractivity contribution in [3.05, 3.63) is 6.92 Å². The maximum Gasteiger partial charge on any atom is 0.315 e. The molecule has 2 fully saturated rings. The number of carbonyl (C=O) groups is 2. The van der Waals surface area contributed by atoms with E-state index in [1.165, 1.54) is 0 Å². The average Bonchev–Trinajstić information content (AvgIpc) is 3.48. The standard InChI is InChI=1S/C26H48N3O9S/c1-2-32-9-10-34-13-14-36-17-18-38-20-19-37-16-15-35-12-11-33-8-7-27-24(30)6-4-3-5-23-25-22(21-39-23)28-26(31)29-25/h22-23,25H,1-21H2,(H,27,30)(H2,28,29,31)/t22-,23-,25-/m0/s1. The third-order valence-electron chi connectivity index (χ3n) is 6.03. The number of rotatable bonds is 27. The highest BCUT2D eigenvalue weighted by molar-refractivity contribution is 8.00. The van der Waals surface area contributed by atoms with Gasteiger partial charge in [-0.15, -0.1) is 0 Å². The van der Waals surface area contributed by atoms with Gasteiger partial charge in [-0.1, -0.05) is 6.42 Å². The van der Waals surface area contributed by atoms with Gasteiger partial charge in [0, 0.05) is 30.6 Å². The third-order valence-corrected chi connectivity index (χ3v) is 7.53. The first-order valence-corrected chi connectivity index (χ1v) is 15.0. The Morgan fingerprint density at radius 1 is 0.769 bits per heavy atom. The lowest BCUT2D eigenvalue weighted by molar-refractivity contribution is -0.121. The number of hydrogen-bond acceptors (Lipinski definition) is 10. The molecule has 0 aliphatic carbocycles. The number of amides is 3. The molecule has 2 aliphatic rings. The van der Waals surface area contributed by atoms with Crippen LogP contribution in [-0.2, 0) is 38.0 Å². The molecule has 39 heavy (non-hydrogen) atoms. The number of unbranched alkanes of at least 4 members (excludes halogenated alkanes) is 1. The molecular formula is C26H48N3O9S. The van der Waals surface area contributed by atoms with Crippen molar-refractivity contribution in [1.82, 2.24) is 16.0 Å². The van der Waals surface area contributed by atoms with Gasteiger partial charge in [0.25, 0.3) is 0 Å². The lowest BCUT2D eigenvalue weighted by Crippen LogP contribution is -2.36. The molecule has 13 heteroatoms. The minimum atomic E-state index is -0.0567. The number of urea groups is 1. The van der Waals surface area contributed by atoms with Gasteiger partial charge in [0.05, 0.1) is 98.0 Å². The summed E-state index contributed by atoms with van der Waals surface area (Å²) in [4.78, 5) is 23.4.